The summed E-state index contributed by atoms with van der Waals surface area (Å²) in [4.78, 5) is 63.1. The number of carbonyl (C=O) groups is 4. The molecule has 9 rings (SSSR count). The quantitative estimate of drug-likeness (QED) is 0.149. The second kappa shape index (κ2) is 16.8. The number of fused-ring (bicyclic) bond motifs is 1. The summed E-state index contributed by atoms with van der Waals surface area (Å²) in [7, 11) is 1.82. The number of piperidine rings is 4. The number of imide groups is 1. The number of rotatable bonds is 10. The van der Waals surface area contributed by atoms with Crippen molar-refractivity contribution in [1.82, 2.24) is 25.0 Å². The Morgan fingerprint density at radius 2 is 1.60 bits per heavy atom. The van der Waals surface area contributed by atoms with Gasteiger partial charge in [-0.05, 0) is 117 Å². The molecule has 5 fully saturated rings. The molecule has 316 valence electrons. The van der Waals surface area contributed by atoms with Gasteiger partial charge in [0, 0.05) is 81.7 Å². The number of likely N-dealkylation sites (N-methyl/N-ethyl adjacent to an activating group) is 1. The fourth-order valence-electron chi connectivity index (χ4n) is 10.3. The average molecular weight is 818 g/mol. The number of hydrogen-bond acceptors (Lipinski definition) is 8. The van der Waals surface area contributed by atoms with Gasteiger partial charge in [-0.2, -0.15) is 0 Å². The molecule has 60 heavy (non-hydrogen) atoms. The molecule has 5 aliphatic heterocycles. The van der Waals surface area contributed by atoms with E-state index in [1.165, 1.54) is 17.3 Å². The van der Waals surface area contributed by atoms with Gasteiger partial charge >= 0.3 is 6.03 Å². The van der Waals surface area contributed by atoms with E-state index in [1.807, 2.05) is 35.0 Å². The van der Waals surface area contributed by atoms with Crippen LogP contribution in [-0.4, -0.2) is 121 Å². The minimum absolute atomic E-state index is 0.00608. The molecule has 2 atom stereocenters. The molecule has 4 aromatic rings. The highest BCUT2D eigenvalue weighted by molar-refractivity contribution is 6.10. The third-order valence-corrected chi connectivity index (χ3v) is 13.7. The largest absolute Gasteiger partial charge is 0.374 e. The summed E-state index contributed by atoms with van der Waals surface area (Å²) < 4.78 is 16.0. The zero-order valence-electron chi connectivity index (χ0n) is 34.4. The van der Waals surface area contributed by atoms with Crippen molar-refractivity contribution in [3.63, 3.8) is 0 Å². The van der Waals surface area contributed by atoms with Crippen molar-refractivity contribution in [3.05, 3.63) is 77.6 Å². The van der Waals surface area contributed by atoms with Gasteiger partial charge in [-0.3, -0.25) is 19.7 Å². The number of primary amides is 1. The minimum Gasteiger partial charge on any atom is -0.374 e. The first-order valence-electron chi connectivity index (χ1n) is 21.8. The number of nitrogens with one attached hydrogen (secondary N) is 3. The van der Waals surface area contributed by atoms with E-state index in [2.05, 4.69) is 61.8 Å². The molecular weight excluding hydrogens is 762 g/mol. The molecule has 6 heterocycles. The normalized spacial score (nSPS) is 22.5. The smallest absolute Gasteiger partial charge is 0.320 e. The van der Waals surface area contributed by atoms with Gasteiger partial charge in [-0.25, -0.2) is 9.18 Å². The maximum atomic E-state index is 16.0. The molecule has 0 spiro atoms. The van der Waals surface area contributed by atoms with E-state index in [0.29, 0.717) is 67.4 Å². The van der Waals surface area contributed by atoms with Crippen LogP contribution in [0, 0.1) is 11.7 Å². The maximum Gasteiger partial charge on any atom is 0.320 e. The first-order valence-corrected chi connectivity index (χ1v) is 21.8. The molecular formula is C46H56FN9O4. The second-order valence-corrected chi connectivity index (χ2v) is 17.6. The van der Waals surface area contributed by atoms with Crippen LogP contribution in [0.4, 0.5) is 26.2 Å². The topological polar surface area (TPSA) is 150 Å². The number of nitrogens with two attached hydrogens (primary N) is 1. The predicted molar refractivity (Wildman–Crippen MR) is 232 cm³/mol. The number of H-pyrrole nitrogens is 1. The molecule has 13 nitrogen and oxygen atoms in total. The summed E-state index contributed by atoms with van der Waals surface area (Å²) in [6.45, 7) is 7.91. The number of likely N-dealkylation sites (tertiary alicyclic amines) is 1. The lowest BCUT2D eigenvalue weighted by molar-refractivity contribution is -0.133. The molecule has 1 aromatic heterocycles. The summed E-state index contributed by atoms with van der Waals surface area (Å²) in [5.74, 6) is -0.460. The van der Waals surface area contributed by atoms with Crippen molar-refractivity contribution in [2.24, 2.45) is 11.7 Å². The molecule has 3 aromatic carbocycles. The Bertz CT molecular complexity index is 2250. The summed E-state index contributed by atoms with van der Waals surface area (Å²) >= 11 is 0. The van der Waals surface area contributed by atoms with Crippen molar-refractivity contribution in [2.75, 3.05) is 81.1 Å². The number of aromatic nitrogens is 1. The fourth-order valence-corrected chi connectivity index (χ4v) is 10.3. The number of amides is 5. The van der Waals surface area contributed by atoms with Gasteiger partial charge in [-0.1, -0.05) is 24.3 Å². The third-order valence-electron chi connectivity index (χ3n) is 13.7. The van der Waals surface area contributed by atoms with Crippen molar-refractivity contribution >= 4 is 51.7 Å². The Morgan fingerprint density at radius 1 is 0.850 bits per heavy atom. The second-order valence-electron chi connectivity index (χ2n) is 17.6. The molecule has 0 radical (unpaired) electrons. The van der Waals surface area contributed by atoms with Crippen LogP contribution in [0.2, 0.25) is 0 Å². The summed E-state index contributed by atoms with van der Waals surface area (Å²) in [5, 5.41) is 6.30. The number of nitrogens with zero attached hydrogens (tertiary/aromatic N) is 5. The zero-order chi connectivity index (χ0) is 41.5. The molecule has 5 aliphatic rings. The highest BCUT2D eigenvalue weighted by Crippen LogP contribution is 2.39. The van der Waals surface area contributed by atoms with E-state index >= 15 is 4.39 Å². The molecule has 0 aliphatic carbocycles. The van der Waals surface area contributed by atoms with E-state index in [1.54, 1.807) is 4.90 Å². The number of carbonyl (C=O) groups excluding carboxylic acids is 4. The minimum atomic E-state index is -0.682. The Labute approximate surface area is 350 Å². The summed E-state index contributed by atoms with van der Waals surface area (Å²) in [6, 6.07) is 19.8. The first kappa shape index (κ1) is 39.8. The van der Waals surface area contributed by atoms with Gasteiger partial charge in [0.25, 0.3) is 5.91 Å². The number of hydrogen-bond donors (Lipinski definition) is 4. The Hall–Kier alpha value is -5.63. The van der Waals surface area contributed by atoms with E-state index in [-0.39, 0.29) is 35.5 Å². The van der Waals surface area contributed by atoms with Crippen LogP contribution in [0.5, 0.6) is 0 Å². The first-order chi connectivity index (χ1) is 29.1. The molecule has 2 unspecified atom stereocenters. The van der Waals surface area contributed by atoms with Crippen molar-refractivity contribution in [2.45, 2.75) is 69.4 Å². The van der Waals surface area contributed by atoms with Crippen LogP contribution in [0.1, 0.15) is 73.2 Å². The molecule has 5 N–H and O–H groups in total. The van der Waals surface area contributed by atoms with Crippen LogP contribution < -0.4 is 26.2 Å². The van der Waals surface area contributed by atoms with Gasteiger partial charge in [0.05, 0.1) is 22.8 Å². The standard InChI is InChI=1S/C46H56FN9O4/c1-52-23-24-56(46(52)60)35-3-2-18-55(28-35)43-36-26-40(50-42(36)37(44(48)58)25-38(43)47)32-6-4-30(5-7-32)31-16-19-53(20-17-31)27-29-14-21-54(22-15-29)34-10-8-33(9-11-34)49-39-12-13-41(57)51-45(39)59/h4-11,25-26,29,31,35,39,49-50H,2-3,12-24,27-28H2,1H3,(H2,48,58)(H,51,57,59). The highest BCUT2D eigenvalue weighted by atomic mass is 19.1. The van der Waals surface area contributed by atoms with Gasteiger partial charge in [-0.15, -0.1) is 0 Å². The van der Waals surface area contributed by atoms with Crippen molar-refractivity contribution in [1.29, 1.82) is 0 Å². The lowest BCUT2D eigenvalue weighted by Crippen LogP contribution is -2.49. The van der Waals surface area contributed by atoms with Gasteiger partial charge in [0.15, 0.2) is 0 Å². The lowest BCUT2D eigenvalue weighted by Gasteiger charge is -2.39. The SMILES string of the molecule is CN1CCN(C2CCCN(c3c(F)cc(C(N)=O)c4[nH]c(-c5ccc(C6CCN(CC7CCN(c8ccc(NC9CCC(=O)NC9=O)cc8)CC7)CC6)cc5)cc34)C2)C1=O. The van der Waals surface area contributed by atoms with Crippen LogP contribution in [0.3, 0.4) is 0 Å². The van der Waals surface area contributed by atoms with E-state index in [0.717, 1.165) is 88.2 Å². The summed E-state index contributed by atoms with van der Waals surface area (Å²) in [6.07, 6.45) is 7.13. The van der Waals surface area contributed by atoms with Gasteiger partial charge < -0.3 is 40.5 Å². The van der Waals surface area contributed by atoms with Crippen molar-refractivity contribution < 1.29 is 23.6 Å². The molecule has 0 saturated carbocycles. The molecule has 5 amide bonds. The Kier molecular flexibility index (Phi) is 11.1. The number of benzene rings is 3. The van der Waals surface area contributed by atoms with Crippen molar-refractivity contribution in [3.8, 4) is 11.3 Å². The molecule has 14 heteroatoms. The number of anilines is 3. The lowest BCUT2D eigenvalue weighted by atomic mass is 9.87. The predicted octanol–water partition coefficient (Wildman–Crippen LogP) is 5.72. The van der Waals surface area contributed by atoms with Crippen LogP contribution in [0.15, 0.2) is 60.7 Å². The Balaban J connectivity index is 0.789. The fraction of sp³-hybridized carbons (Fsp3) is 0.478. The highest BCUT2D eigenvalue weighted by Gasteiger charge is 2.36. The van der Waals surface area contributed by atoms with Gasteiger partial charge in [0.2, 0.25) is 11.8 Å². The number of aromatic amines is 1. The molecule has 0 bridgehead atoms. The average Bonchev–Trinajstić information content (AvgIpc) is 3.85. The number of halogens is 1. The monoisotopic (exact) mass is 817 g/mol. The van der Waals surface area contributed by atoms with Gasteiger partial charge in [0.1, 0.15) is 11.9 Å². The van der Waals surface area contributed by atoms with E-state index in [9.17, 15) is 19.2 Å². The summed E-state index contributed by atoms with van der Waals surface area (Å²) in [5.41, 5.74) is 12.1. The molecule has 5 saturated heterocycles. The third kappa shape index (κ3) is 8.13. The van der Waals surface area contributed by atoms with E-state index in [4.69, 9.17) is 5.73 Å². The van der Waals surface area contributed by atoms with Crippen LogP contribution in [-0.2, 0) is 9.59 Å². The van der Waals surface area contributed by atoms with E-state index < -0.39 is 11.7 Å². The Morgan fingerprint density at radius 3 is 2.28 bits per heavy atom. The zero-order valence-corrected chi connectivity index (χ0v) is 34.4. The van der Waals surface area contributed by atoms with Crippen LogP contribution >= 0.6 is 0 Å². The number of urea groups is 1. The van der Waals surface area contributed by atoms with Crippen LogP contribution in [0.25, 0.3) is 22.2 Å². The maximum absolute atomic E-state index is 16.0.